The number of benzene rings is 3. The Labute approximate surface area is 187 Å². The molecule has 2 aliphatic heterocycles. The SMILES string of the molecule is O=Cc1ccc(-c2ccc3c(c2)COC(C2CCN(C(=O)c4ccccc4)CC2)O3)cc1. The number of carbonyl (C=O) groups is 2. The fraction of sp³-hybridized carbons (Fsp3) is 0.259. The molecule has 2 heterocycles. The summed E-state index contributed by atoms with van der Waals surface area (Å²) >= 11 is 0. The second-order valence-electron chi connectivity index (χ2n) is 8.36. The van der Waals surface area contributed by atoms with Crippen LogP contribution in [0.15, 0.2) is 72.8 Å². The molecule has 5 nitrogen and oxygen atoms in total. The van der Waals surface area contributed by atoms with Crippen molar-refractivity contribution in [3.8, 4) is 16.9 Å². The maximum atomic E-state index is 12.7. The minimum absolute atomic E-state index is 0.0913. The van der Waals surface area contributed by atoms with Crippen molar-refractivity contribution in [1.29, 1.82) is 0 Å². The van der Waals surface area contributed by atoms with Crippen molar-refractivity contribution in [3.63, 3.8) is 0 Å². The predicted octanol–water partition coefficient (Wildman–Crippen LogP) is 4.95. The molecule has 3 aromatic carbocycles. The number of piperidine rings is 1. The summed E-state index contributed by atoms with van der Waals surface area (Å²) in [5.41, 5.74) is 4.55. The van der Waals surface area contributed by atoms with E-state index in [2.05, 4.69) is 6.07 Å². The number of rotatable bonds is 4. The third-order valence-corrected chi connectivity index (χ3v) is 6.32. The van der Waals surface area contributed by atoms with Crippen molar-refractivity contribution in [3.05, 3.63) is 89.5 Å². The highest BCUT2D eigenvalue weighted by atomic mass is 16.7. The fourth-order valence-electron chi connectivity index (χ4n) is 4.44. The Hall–Kier alpha value is -3.44. The van der Waals surface area contributed by atoms with Crippen LogP contribution in [0.3, 0.4) is 0 Å². The highest BCUT2D eigenvalue weighted by Gasteiger charge is 2.33. The number of amides is 1. The van der Waals surface area contributed by atoms with Crippen molar-refractivity contribution >= 4 is 12.2 Å². The standard InChI is InChI=1S/C27H25NO4/c29-17-19-6-8-20(9-7-19)23-10-11-25-24(16-23)18-31-27(32-25)22-12-14-28(15-13-22)26(30)21-4-2-1-3-5-21/h1-11,16-17,22,27H,12-15,18H2. The number of hydrogen-bond donors (Lipinski definition) is 0. The summed E-state index contributed by atoms with van der Waals surface area (Å²) in [6.45, 7) is 1.93. The Morgan fingerprint density at radius 3 is 2.34 bits per heavy atom. The van der Waals surface area contributed by atoms with Gasteiger partial charge in [-0.1, -0.05) is 48.5 Å². The Morgan fingerprint density at radius 1 is 0.906 bits per heavy atom. The monoisotopic (exact) mass is 427 g/mol. The van der Waals surface area contributed by atoms with Crippen molar-refractivity contribution in [2.24, 2.45) is 5.92 Å². The lowest BCUT2D eigenvalue weighted by Gasteiger charge is -2.37. The second kappa shape index (κ2) is 8.97. The van der Waals surface area contributed by atoms with E-state index in [4.69, 9.17) is 9.47 Å². The first-order chi connectivity index (χ1) is 15.7. The smallest absolute Gasteiger partial charge is 0.253 e. The summed E-state index contributed by atoms with van der Waals surface area (Å²) in [6, 6.07) is 23.1. The summed E-state index contributed by atoms with van der Waals surface area (Å²) in [7, 11) is 0. The number of ether oxygens (including phenoxy) is 2. The van der Waals surface area contributed by atoms with Crippen LogP contribution < -0.4 is 4.74 Å². The van der Waals surface area contributed by atoms with Crippen LogP contribution >= 0.6 is 0 Å². The summed E-state index contributed by atoms with van der Waals surface area (Å²) < 4.78 is 12.3. The minimum atomic E-state index is -0.283. The van der Waals surface area contributed by atoms with Gasteiger partial charge in [-0.3, -0.25) is 9.59 Å². The fourth-order valence-corrected chi connectivity index (χ4v) is 4.44. The summed E-state index contributed by atoms with van der Waals surface area (Å²) in [6.07, 6.45) is 2.29. The topological polar surface area (TPSA) is 55.8 Å². The highest BCUT2D eigenvalue weighted by Crippen LogP contribution is 2.35. The average Bonchev–Trinajstić information content (AvgIpc) is 2.88. The highest BCUT2D eigenvalue weighted by molar-refractivity contribution is 5.94. The molecule has 0 saturated carbocycles. The molecular weight excluding hydrogens is 402 g/mol. The quantitative estimate of drug-likeness (QED) is 0.553. The van der Waals surface area contributed by atoms with E-state index in [1.54, 1.807) is 0 Å². The van der Waals surface area contributed by atoms with Gasteiger partial charge in [0.05, 0.1) is 6.61 Å². The molecule has 5 heteroatoms. The van der Waals surface area contributed by atoms with E-state index < -0.39 is 0 Å². The molecule has 1 amide bonds. The summed E-state index contributed by atoms with van der Waals surface area (Å²) in [4.78, 5) is 25.5. The van der Waals surface area contributed by atoms with E-state index in [0.29, 0.717) is 25.3 Å². The van der Waals surface area contributed by atoms with E-state index in [-0.39, 0.29) is 18.1 Å². The van der Waals surface area contributed by atoms with Gasteiger partial charge in [0.25, 0.3) is 5.91 Å². The lowest BCUT2D eigenvalue weighted by molar-refractivity contribution is -0.148. The second-order valence-corrected chi connectivity index (χ2v) is 8.36. The molecule has 3 aromatic rings. The summed E-state index contributed by atoms with van der Waals surface area (Å²) in [5.74, 6) is 1.21. The molecule has 0 aromatic heterocycles. The Bertz CT molecular complexity index is 1100. The number of aldehydes is 1. The largest absolute Gasteiger partial charge is 0.464 e. The predicted molar refractivity (Wildman–Crippen MR) is 122 cm³/mol. The molecule has 1 saturated heterocycles. The molecule has 32 heavy (non-hydrogen) atoms. The molecule has 1 fully saturated rings. The van der Waals surface area contributed by atoms with Gasteiger partial charge in [0.15, 0.2) is 0 Å². The molecule has 5 rings (SSSR count). The number of nitrogens with zero attached hydrogens (tertiary/aromatic N) is 1. The minimum Gasteiger partial charge on any atom is -0.464 e. The molecule has 0 bridgehead atoms. The van der Waals surface area contributed by atoms with E-state index in [9.17, 15) is 9.59 Å². The molecule has 1 atom stereocenters. The maximum Gasteiger partial charge on any atom is 0.253 e. The Kier molecular flexibility index (Phi) is 5.73. The van der Waals surface area contributed by atoms with Gasteiger partial charge in [0.1, 0.15) is 12.0 Å². The van der Waals surface area contributed by atoms with Crippen molar-refractivity contribution in [2.75, 3.05) is 13.1 Å². The third-order valence-electron chi connectivity index (χ3n) is 6.32. The molecule has 0 spiro atoms. The Morgan fingerprint density at radius 2 is 1.62 bits per heavy atom. The number of hydrogen-bond acceptors (Lipinski definition) is 4. The van der Waals surface area contributed by atoms with Gasteiger partial charge in [-0.15, -0.1) is 0 Å². The number of fused-ring (bicyclic) bond motifs is 1. The molecule has 162 valence electrons. The Balaban J connectivity index is 1.21. The van der Waals surface area contributed by atoms with Crippen LogP contribution in [0.5, 0.6) is 5.75 Å². The molecule has 0 aliphatic carbocycles. The molecular formula is C27H25NO4. The van der Waals surface area contributed by atoms with Crippen LogP contribution in [-0.4, -0.2) is 36.5 Å². The zero-order valence-electron chi connectivity index (χ0n) is 17.8. The first kappa shape index (κ1) is 20.5. The van der Waals surface area contributed by atoms with E-state index in [0.717, 1.165) is 47.1 Å². The number of carbonyl (C=O) groups excluding carboxylic acids is 2. The van der Waals surface area contributed by atoms with Crippen molar-refractivity contribution in [2.45, 2.75) is 25.7 Å². The molecule has 0 radical (unpaired) electrons. The van der Waals surface area contributed by atoms with Crippen LogP contribution in [0.1, 0.15) is 39.1 Å². The van der Waals surface area contributed by atoms with Gasteiger partial charge in [-0.25, -0.2) is 0 Å². The maximum absolute atomic E-state index is 12.7. The van der Waals surface area contributed by atoms with E-state index in [1.807, 2.05) is 71.6 Å². The lowest BCUT2D eigenvalue weighted by Crippen LogP contribution is -2.44. The van der Waals surface area contributed by atoms with E-state index in [1.165, 1.54) is 0 Å². The molecule has 1 unspecified atom stereocenters. The van der Waals surface area contributed by atoms with Crippen LogP contribution in [0.4, 0.5) is 0 Å². The van der Waals surface area contributed by atoms with Crippen LogP contribution in [0.2, 0.25) is 0 Å². The zero-order valence-corrected chi connectivity index (χ0v) is 17.8. The normalized spacial score (nSPS) is 18.5. The van der Waals surface area contributed by atoms with Gasteiger partial charge in [0, 0.05) is 35.7 Å². The third kappa shape index (κ3) is 4.16. The van der Waals surface area contributed by atoms with Crippen molar-refractivity contribution in [1.82, 2.24) is 4.90 Å². The first-order valence-electron chi connectivity index (χ1n) is 11.0. The summed E-state index contributed by atoms with van der Waals surface area (Å²) in [5, 5.41) is 0. The van der Waals surface area contributed by atoms with E-state index >= 15 is 0 Å². The number of likely N-dealkylation sites (tertiary alicyclic amines) is 1. The average molecular weight is 428 g/mol. The van der Waals surface area contributed by atoms with Gasteiger partial charge in [0.2, 0.25) is 6.29 Å². The zero-order chi connectivity index (χ0) is 21.9. The van der Waals surface area contributed by atoms with Crippen LogP contribution in [0.25, 0.3) is 11.1 Å². The van der Waals surface area contributed by atoms with Gasteiger partial charge >= 0.3 is 0 Å². The van der Waals surface area contributed by atoms with Gasteiger partial charge < -0.3 is 14.4 Å². The van der Waals surface area contributed by atoms with Crippen LogP contribution in [-0.2, 0) is 11.3 Å². The molecule has 2 aliphatic rings. The lowest BCUT2D eigenvalue weighted by atomic mass is 9.94. The van der Waals surface area contributed by atoms with Gasteiger partial charge in [-0.2, -0.15) is 0 Å². The van der Waals surface area contributed by atoms with Gasteiger partial charge in [-0.05, 0) is 48.2 Å². The van der Waals surface area contributed by atoms with Crippen molar-refractivity contribution < 1.29 is 19.1 Å². The van der Waals surface area contributed by atoms with Crippen LogP contribution in [0, 0.1) is 5.92 Å². The molecule has 0 N–H and O–H groups in total. The first-order valence-corrected chi connectivity index (χ1v) is 11.0.